The molecule has 4 rings (SSSR count). The molecule has 1 fully saturated rings. The van der Waals surface area contributed by atoms with E-state index >= 15 is 0 Å². The van der Waals surface area contributed by atoms with Crippen LogP contribution in [0.2, 0.25) is 0 Å². The van der Waals surface area contributed by atoms with E-state index in [-0.39, 0.29) is 12.0 Å². The van der Waals surface area contributed by atoms with Crippen molar-refractivity contribution in [2.75, 3.05) is 11.4 Å². The van der Waals surface area contributed by atoms with Crippen molar-refractivity contribution in [1.82, 2.24) is 20.1 Å². The summed E-state index contributed by atoms with van der Waals surface area (Å²) in [7, 11) is 0. The van der Waals surface area contributed by atoms with Crippen LogP contribution in [0.3, 0.4) is 0 Å². The lowest BCUT2D eigenvalue weighted by molar-refractivity contribution is 0.358. The second kappa shape index (κ2) is 5.61. The first-order chi connectivity index (χ1) is 11.2. The molecule has 3 aromatic rings. The summed E-state index contributed by atoms with van der Waals surface area (Å²) < 4.78 is 5.39. The van der Waals surface area contributed by atoms with Gasteiger partial charge in [0.05, 0.1) is 11.6 Å². The molecule has 6 nitrogen and oxygen atoms in total. The van der Waals surface area contributed by atoms with Gasteiger partial charge in [0.15, 0.2) is 5.82 Å². The van der Waals surface area contributed by atoms with Crippen molar-refractivity contribution in [2.45, 2.75) is 38.6 Å². The van der Waals surface area contributed by atoms with Gasteiger partial charge in [-0.25, -0.2) is 9.97 Å². The summed E-state index contributed by atoms with van der Waals surface area (Å²) in [5.74, 6) is 2.65. The second-order valence-corrected chi connectivity index (χ2v) is 6.21. The fourth-order valence-corrected chi connectivity index (χ4v) is 3.13. The van der Waals surface area contributed by atoms with Gasteiger partial charge >= 0.3 is 0 Å². The zero-order valence-corrected chi connectivity index (χ0v) is 13.3. The van der Waals surface area contributed by atoms with Crippen molar-refractivity contribution in [3.05, 3.63) is 42.3 Å². The van der Waals surface area contributed by atoms with E-state index in [0.717, 1.165) is 41.9 Å². The zero-order chi connectivity index (χ0) is 15.8. The van der Waals surface area contributed by atoms with E-state index in [9.17, 15) is 0 Å². The van der Waals surface area contributed by atoms with Gasteiger partial charge in [0, 0.05) is 17.8 Å². The molecule has 0 unspecified atom stereocenters. The molecule has 0 amide bonds. The van der Waals surface area contributed by atoms with E-state index in [1.165, 1.54) is 0 Å². The van der Waals surface area contributed by atoms with Crippen LogP contribution < -0.4 is 4.90 Å². The molecule has 0 N–H and O–H groups in total. The molecule has 23 heavy (non-hydrogen) atoms. The molecule has 0 aliphatic carbocycles. The molecule has 1 aliphatic rings. The number of nitrogens with zero attached hydrogens (tertiary/aromatic N) is 5. The number of aromatic nitrogens is 4. The molecule has 3 heterocycles. The van der Waals surface area contributed by atoms with Gasteiger partial charge in [0.1, 0.15) is 12.1 Å². The number of rotatable bonds is 3. The van der Waals surface area contributed by atoms with Crippen LogP contribution in [-0.2, 0) is 0 Å². The van der Waals surface area contributed by atoms with Gasteiger partial charge in [0.2, 0.25) is 5.89 Å². The largest absolute Gasteiger partial charge is 0.346 e. The Hall–Kier alpha value is -2.50. The first kappa shape index (κ1) is 14.1. The molecule has 0 bridgehead atoms. The molecular weight excluding hydrogens is 290 g/mol. The number of hydrogen-bond acceptors (Lipinski definition) is 6. The fraction of sp³-hybridized carbons (Fsp3) is 0.412. The maximum absolute atomic E-state index is 5.39. The first-order valence-electron chi connectivity index (χ1n) is 8.04. The highest BCUT2D eigenvalue weighted by atomic mass is 16.5. The van der Waals surface area contributed by atoms with Crippen molar-refractivity contribution in [3.63, 3.8) is 0 Å². The first-order valence-corrected chi connectivity index (χ1v) is 8.04. The molecular formula is C17H19N5O. The van der Waals surface area contributed by atoms with Crippen molar-refractivity contribution in [3.8, 4) is 0 Å². The number of anilines is 1. The zero-order valence-electron chi connectivity index (χ0n) is 13.3. The minimum absolute atomic E-state index is 0.115. The van der Waals surface area contributed by atoms with Crippen LogP contribution in [0.25, 0.3) is 10.9 Å². The van der Waals surface area contributed by atoms with Crippen LogP contribution in [-0.4, -0.2) is 26.7 Å². The molecule has 1 atom stereocenters. The van der Waals surface area contributed by atoms with E-state index in [1.54, 1.807) is 6.33 Å². The number of para-hydroxylation sites is 1. The Bertz CT molecular complexity index is 823. The van der Waals surface area contributed by atoms with Crippen molar-refractivity contribution in [2.24, 2.45) is 0 Å². The molecule has 0 spiro atoms. The highest BCUT2D eigenvalue weighted by molar-refractivity contribution is 5.89. The Morgan fingerprint density at radius 2 is 2.09 bits per heavy atom. The number of benzene rings is 1. The quantitative estimate of drug-likeness (QED) is 0.738. The van der Waals surface area contributed by atoms with Crippen LogP contribution in [0.5, 0.6) is 0 Å². The summed E-state index contributed by atoms with van der Waals surface area (Å²) in [6.45, 7) is 5.06. The Labute approximate surface area is 134 Å². The number of fused-ring (bicyclic) bond motifs is 1. The third kappa shape index (κ3) is 2.44. The topological polar surface area (TPSA) is 67.9 Å². The summed E-state index contributed by atoms with van der Waals surface area (Å²) in [5.41, 5.74) is 0.958. The van der Waals surface area contributed by atoms with E-state index in [1.807, 2.05) is 18.2 Å². The molecule has 2 aromatic heterocycles. The standard InChI is InChI=1S/C17H19N5O/c1-11(2)17-20-15(21-23-17)14-8-5-9-22(14)16-12-6-3-4-7-13(12)18-10-19-16/h3-4,6-7,10-11,14H,5,8-9H2,1-2H3/t14-/m1/s1. The van der Waals surface area contributed by atoms with Crippen LogP contribution in [0.1, 0.15) is 50.4 Å². The van der Waals surface area contributed by atoms with Gasteiger partial charge in [-0.3, -0.25) is 0 Å². The third-order valence-electron chi connectivity index (χ3n) is 4.30. The minimum atomic E-state index is 0.115. The monoisotopic (exact) mass is 309 g/mol. The molecule has 6 heteroatoms. The summed E-state index contributed by atoms with van der Waals surface area (Å²) in [4.78, 5) is 15.7. The highest BCUT2D eigenvalue weighted by Gasteiger charge is 2.32. The van der Waals surface area contributed by atoms with Crippen molar-refractivity contribution >= 4 is 16.7 Å². The highest BCUT2D eigenvalue weighted by Crippen LogP contribution is 2.36. The SMILES string of the molecule is CC(C)c1nc([C@H]2CCCN2c2ncnc3ccccc23)no1. The molecule has 1 aromatic carbocycles. The lowest BCUT2D eigenvalue weighted by atomic mass is 10.2. The van der Waals surface area contributed by atoms with Gasteiger partial charge in [-0.1, -0.05) is 31.1 Å². The summed E-state index contributed by atoms with van der Waals surface area (Å²) in [6, 6.07) is 8.21. The lowest BCUT2D eigenvalue weighted by Crippen LogP contribution is -2.24. The second-order valence-electron chi connectivity index (χ2n) is 6.21. The predicted molar refractivity (Wildman–Crippen MR) is 87.2 cm³/mol. The maximum atomic E-state index is 5.39. The lowest BCUT2D eigenvalue weighted by Gasteiger charge is -2.24. The van der Waals surface area contributed by atoms with Crippen LogP contribution in [0.4, 0.5) is 5.82 Å². The van der Waals surface area contributed by atoms with E-state index < -0.39 is 0 Å². The normalized spacial score (nSPS) is 18.2. The average Bonchev–Trinajstić information content (AvgIpc) is 3.23. The molecule has 0 radical (unpaired) electrons. The molecule has 1 saturated heterocycles. The Morgan fingerprint density at radius 3 is 2.91 bits per heavy atom. The molecule has 118 valence electrons. The Balaban J connectivity index is 1.74. The smallest absolute Gasteiger partial charge is 0.229 e. The van der Waals surface area contributed by atoms with Gasteiger partial charge in [-0.15, -0.1) is 0 Å². The maximum Gasteiger partial charge on any atom is 0.229 e. The van der Waals surface area contributed by atoms with Gasteiger partial charge in [-0.05, 0) is 25.0 Å². The van der Waals surface area contributed by atoms with E-state index in [4.69, 9.17) is 4.52 Å². The van der Waals surface area contributed by atoms with Gasteiger partial charge in [-0.2, -0.15) is 4.98 Å². The van der Waals surface area contributed by atoms with Crippen LogP contribution in [0.15, 0.2) is 35.1 Å². The third-order valence-corrected chi connectivity index (χ3v) is 4.30. The van der Waals surface area contributed by atoms with Crippen LogP contribution in [0, 0.1) is 0 Å². The van der Waals surface area contributed by atoms with E-state index in [2.05, 4.69) is 44.9 Å². The number of hydrogen-bond donors (Lipinski definition) is 0. The van der Waals surface area contributed by atoms with Crippen molar-refractivity contribution < 1.29 is 4.52 Å². The van der Waals surface area contributed by atoms with Crippen LogP contribution >= 0.6 is 0 Å². The molecule has 1 aliphatic heterocycles. The summed E-state index contributed by atoms with van der Waals surface area (Å²) >= 11 is 0. The predicted octanol–water partition coefficient (Wildman–Crippen LogP) is 3.48. The van der Waals surface area contributed by atoms with Gasteiger partial charge in [0.25, 0.3) is 0 Å². The summed E-state index contributed by atoms with van der Waals surface area (Å²) in [5, 5.41) is 5.27. The minimum Gasteiger partial charge on any atom is -0.346 e. The summed E-state index contributed by atoms with van der Waals surface area (Å²) in [6.07, 6.45) is 3.73. The fourth-order valence-electron chi connectivity index (χ4n) is 3.13. The van der Waals surface area contributed by atoms with Crippen molar-refractivity contribution in [1.29, 1.82) is 0 Å². The Morgan fingerprint density at radius 1 is 1.22 bits per heavy atom. The molecule has 0 saturated carbocycles. The average molecular weight is 309 g/mol. The Kier molecular flexibility index (Phi) is 3.44. The van der Waals surface area contributed by atoms with Gasteiger partial charge < -0.3 is 9.42 Å². The van der Waals surface area contributed by atoms with E-state index in [0.29, 0.717) is 5.89 Å².